The smallest absolute Gasteiger partial charge is 0.188 e. The highest BCUT2D eigenvalue weighted by molar-refractivity contribution is 8.25. The predicted molar refractivity (Wildman–Crippen MR) is 105 cm³/mol. The van der Waals surface area contributed by atoms with Crippen LogP contribution in [0.5, 0.6) is 5.75 Å². The minimum Gasteiger partial charge on any atom is -0.496 e. The van der Waals surface area contributed by atoms with Gasteiger partial charge in [-0.2, -0.15) is 0 Å². The molecule has 4 heteroatoms. The van der Waals surface area contributed by atoms with Crippen LogP contribution in [0.2, 0.25) is 0 Å². The molecule has 0 unspecified atom stereocenters. The molecule has 0 radical (unpaired) electrons. The maximum Gasteiger partial charge on any atom is 0.188 e. The second-order valence-electron chi connectivity index (χ2n) is 5.17. The number of hydrogen-bond acceptors (Lipinski definition) is 4. The number of allylic oxidation sites excluding steroid dienone is 2. The minimum atomic E-state index is 0.0141. The molecule has 0 aromatic heterocycles. The Hall–Kier alpha value is -1.91. The first-order valence-electron chi connectivity index (χ1n) is 7.70. The molecule has 0 amide bonds. The summed E-state index contributed by atoms with van der Waals surface area (Å²) >= 11 is 3.49. The standard InChI is InChI=1S/C20H18O2S2/c1-22-18-10-6-5-9-16(18)19(20-23-13-14-24-20)17(21)12-11-15-7-3-2-4-8-15/h2-12H,13-14H2,1H3/b12-11+. The van der Waals surface area contributed by atoms with Crippen LogP contribution in [0.25, 0.3) is 11.6 Å². The topological polar surface area (TPSA) is 26.3 Å². The minimum absolute atomic E-state index is 0.0141. The Morgan fingerprint density at radius 2 is 1.67 bits per heavy atom. The number of rotatable bonds is 5. The summed E-state index contributed by atoms with van der Waals surface area (Å²) in [6.45, 7) is 0. The van der Waals surface area contributed by atoms with Crippen molar-refractivity contribution in [1.29, 1.82) is 0 Å². The molecule has 0 spiro atoms. The molecule has 0 atom stereocenters. The van der Waals surface area contributed by atoms with E-state index in [9.17, 15) is 4.79 Å². The van der Waals surface area contributed by atoms with Gasteiger partial charge in [0.25, 0.3) is 0 Å². The van der Waals surface area contributed by atoms with E-state index in [1.165, 1.54) is 0 Å². The van der Waals surface area contributed by atoms with Gasteiger partial charge in [-0.25, -0.2) is 0 Å². The molecule has 2 nitrogen and oxygen atoms in total. The average Bonchev–Trinajstić information content (AvgIpc) is 3.16. The number of ether oxygens (including phenoxy) is 1. The highest BCUT2D eigenvalue weighted by Gasteiger charge is 2.22. The number of hydrogen-bond donors (Lipinski definition) is 0. The maximum atomic E-state index is 12.9. The summed E-state index contributed by atoms with van der Waals surface area (Å²) in [4.78, 5) is 12.9. The van der Waals surface area contributed by atoms with Crippen molar-refractivity contribution in [1.82, 2.24) is 0 Å². The van der Waals surface area contributed by atoms with Gasteiger partial charge in [0, 0.05) is 17.1 Å². The van der Waals surface area contributed by atoms with Crippen molar-refractivity contribution in [3.05, 3.63) is 76.0 Å². The van der Waals surface area contributed by atoms with Gasteiger partial charge in [0.2, 0.25) is 0 Å². The van der Waals surface area contributed by atoms with Gasteiger partial charge in [0.1, 0.15) is 5.75 Å². The van der Waals surface area contributed by atoms with Crippen LogP contribution in [-0.2, 0) is 4.79 Å². The number of benzene rings is 2. The third kappa shape index (κ3) is 3.94. The third-order valence-electron chi connectivity index (χ3n) is 3.60. The van der Waals surface area contributed by atoms with Crippen molar-refractivity contribution >= 4 is 41.0 Å². The monoisotopic (exact) mass is 354 g/mol. The zero-order valence-electron chi connectivity index (χ0n) is 13.4. The summed E-state index contributed by atoms with van der Waals surface area (Å²) in [6, 6.07) is 17.6. The molecule has 1 aliphatic heterocycles. The number of ketones is 1. The number of carbonyl (C=O) groups is 1. The van der Waals surface area contributed by atoms with Crippen molar-refractivity contribution in [2.24, 2.45) is 0 Å². The third-order valence-corrected chi connectivity index (χ3v) is 6.32. The number of para-hydroxylation sites is 1. The lowest BCUT2D eigenvalue weighted by Crippen LogP contribution is -2.02. The van der Waals surface area contributed by atoms with Crippen molar-refractivity contribution in [2.75, 3.05) is 18.6 Å². The van der Waals surface area contributed by atoms with Gasteiger partial charge in [0.15, 0.2) is 5.78 Å². The van der Waals surface area contributed by atoms with Crippen LogP contribution in [0.3, 0.4) is 0 Å². The van der Waals surface area contributed by atoms with Crippen LogP contribution in [0, 0.1) is 0 Å². The fourth-order valence-electron chi connectivity index (χ4n) is 2.47. The number of methoxy groups -OCH3 is 1. The van der Waals surface area contributed by atoms with Gasteiger partial charge in [-0.05, 0) is 17.7 Å². The summed E-state index contributed by atoms with van der Waals surface area (Å²) in [6.07, 6.45) is 3.52. The normalized spacial score (nSPS) is 14.1. The van der Waals surface area contributed by atoms with Gasteiger partial charge < -0.3 is 4.74 Å². The lowest BCUT2D eigenvalue weighted by molar-refractivity contribution is -0.109. The van der Waals surface area contributed by atoms with Gasteiger partial charge >= 0.3 is 0 Å². The van der Waals surface area contributed by atoms with Gasteiger partial charge in [0.05, 0.1) is 16.9 Å². The molecular formula is C20H18O2S2. The van der Waals surface area contributed by atoms with Crippen LogP contribution in [0.4, 0.5) is 0 Å². The van der Waals surface area contributed by atoms with Crippen LogP contribution in [0.1, 0.15) is 11.1 Å². The maximum absolute atomic E-state index is 12.9. The summed E-state index contributed by atoms with van der Waals surface area (Å²) < 4.78 is 6.56. The lowest BCUT2D eigenvalue weighted by atomic mass is 10.0. The second kappa shape index (κ2) is 8.27. The first-order valence-corrected chi connectivity index (χ1v) is 9.67. The Bertz CT molecular complexity index is 771. The zero-order chi connectivity index (χ0) is 16.8. The van der Waals surface area contributed by atoms with Crippen molar-refractivity contribution in [3.63, 3.8) is 0 Å². The van der Waals surface area contributed by atoms with Gasteiger partial charge in [-0.15, -0.1) is 23.5 Å². The molecule has 2 aromatic carbocycles. The molecular weight excluding hydrogens is 336 g/mol. The molecule has 1 saturated heterocycles. The van der Waals surface area contributed by atoms with E-state index in [1.54, 1.807) is 36.7 Å². The summed E-state index contributed by atoms with van der Waals surface area (Å²) in [7, 11) is 1.64. The Morgan fingerprint density at radius 1 is 1.00 bits per heavy atom. The fourth-order valence-corrected chi connectivity index (χ4v) is 5.05. The van der Waals surface area contributed by atoms with Crippen LogP contribution in [-0.4, -0.2) is 24.4 Å². The van der Waals surface area contributed by atoms with E-state index < -0.39 is 0 Å². The summed E-state index contributed by atoms with van der Waals surface area (Å²) in [5.41, 5.74) is 2.62. The SMILES string of the molecule is COc1ccccc1C(C(=O)/C=C/c1ccccc1)=C1SCCS1. The van der Waals surface area contributed by atoms with E-state index >= 15 is 0 Å². The number of thioether (sulfide) groups is 2. The van der Waals surface area contributed by atoms with Gasteiger partial charge in [-0.1, -0.05) is 54.6 Å². The molecule has 0 N–H and O–H groups in total. The van der Waals surface area contributed by atoms with Crippen LogP contribution < -0.4 is 4.74 Å². The molecule has 1 heterocycles. The molecule has 3 rings (SSSR count). The van der Waals surface area contributed by atoms with Crippen molar-refractivity contribution < 1.29 is 9.53 Å². The predicted octanol–water partition coefficient (Wildman–Crippen LogP) is 5.13. The Balaban J connectivity index is 1.98. The molecule has 24 heavy (non-hydrogen) atoms. The molecule has 1 aliphatic rings. The number of carbonyl (C=O) groups excluding carboxylic acids is 1. The largest absolute Gasteiger partial charge is 0.496 e. The van der Waals surface area contributed by atoms with Crippen LogP contribution in [0.15, 0.2) is 64.9 Å². The molecule has 1 fully saturated rings. The summed E-state index contributed by atoms with van der Waals surface area (Å²) in [5, 5.41) is 0. The first kappa shape index (κ1) is 16.9. The highest BCUT2D eigenvalue weighted by Crippen LogP contribution is 2.44. The van der Waals surface area contributed by atoms with E-state index in [4.69, 9.17) is 4.74 Å². The van der Waals surface area contributed by atoms with Crippen molar-refractivity contribution in [2.45, 2.75) is 0 Å². The van der Waals surface area contributed by atoms with E-state index in [2.05, 4.69) is 0 Å². The molecule has 0 saturated carbocycles. The highest BCUT2D eigenvalue weighted by atomic mass is 32.2. The van der Waals surface area contributed by atoms with E-state index in [1.807, 2.05) is 60.7 Å². The quantitative estimate of drug-likeness (QED) is 0.696. The Kier molecular flexibility index (Phi) is 5.83. The average molecular weight is 354 g/mol. The van der Waals surface area contributed by atoms with E-state index in [0.717, 1.165) is 38.2 Å². The van der Waals surface area contributed by atoms with Gasteiger partial charge in [-0.3, -0.25) is 4.79 Å². The second-order valence-corrected chi connectivity index (χ2v) is 7.64. The Morgan fingerprint density at radius 3 is 2.38 bits per heavy atom. The molecule has 2 aromatic rings. The Labute approximate surface area is 151 Å². The fraction of sp³-hybridized carbons (Fsp3) is 0.150. The molecule has 0 bridgehead atoms. The summed E-state index contributed by atoms with van der Waals surface area (Å²) in [5.74, 6) is 2.82. The molecule has 0 aliphatic carbocycles. The molecule has 122 valence electrons. The van der Waals surface area contributed by atoms with Crippen molar-refractivity contribution in [3.8, 4) is 5.75 Å². The first-order chi connectivity index (χ1) is 11.8. The lowest BCUT2D eigenvalue weighted by Gasteiger charge is -2.12. The van der Waals surface area contributed by atoms with E-state index in [-0.39, 0.29) is 5.78 Å². The zero-order valence-corrected chi connectivity index (χ0v) is 15.0. The van der Waals surface area contributed by atoms with E-state index in [0.29, 0.717) is 0 Å². The van der Waals surface area contributed by atoms with Crippen LogP contribution >= 0.6 is 23.5 Å².